The summed E-state index contributed by atoms with van der Waals surface area (Å²) in [6.07, 6.45) is 5.03. The number of nitrogens with zero attached hydrogens (tertiary/aromatic N) is 1. The van der Waals surface area contributed by atoms with Crippen molar-refractivity contribution >= 4 is 17.3 Å². The normalized spacial score (nSPS) is 23.0. The first-order chi connectivity index (χ1) is 12.5. The molecule has 2 aromatic carbocycles. The van der Waals surface area contributed by atoms with Crippen molar-refractivity contribution in [2.75, 3.05) is 5.32 Å². The molecule has 132 valence electrons. The van der Waals surface area contributed by atoms with Gasteiger partial charge >= 0.3 is 5.97 Å². The molecular formula is C20H18N2O4. The van der Waals surface area contributed by atoms with Crippen molar-refractivity contribution in [2.45, 2.75) is 25.3 Å². The number of rotatable bonds is 3. The van der Waals surface area contributed by atoms with E-state index < -0.39 is 10.9 Å². The Balaban J connectivity index is 1.81. The third kappa shape index (κ3) is 2.45. The fourth-order valence-electron chi connectivity index (χ4n) is 4.17. The van der Waals surface area contributed by atoms with Gasteiger partial charge in [0.1, 0.15) is 0 Å². The van der Waals surface area contributed by atoms with Crippen LogP contribution in [0.4, 0.5) is 11.4 Å². The molecule has 2 aliphatic rings. The summed E-state index contributed by atoms with van der Waals surface area (Å²) in [6.45, 7) is 1.96. The van der Waals surface area contributed by atoms with Crippen molar-refractivity contribution < 1.29 is 14.8 Å². The third-order valence-corrected chi connectivity index (χ3v) is 5.42. The molecule has 26 heavy (non-hydrogen) atoms. The minimum atomic E-state index is -0.920. The smallest absolute Gasteiger partial charge is 0.336 e. The van der Waals surface area contributed by atoms with Crippen LogP contribution >= 0.6 is 0 Å². The number of hydrogen-bond donors (Lipinski definition) is 2. The van der Waals surface area contributed by atoms with E-state index in [0.29, 0.717) is 5.56 Å². The zero-order valence-electron chi connectivity index (χ0n) is 14.2. The molecule has 0 saturated heterocycles. The maximum atomic E-state index is 11.7. The van der Waals surface area contributed by atoms with Gasteiger partial charge in [-0.1, -0.05) is 30.4 Å². The zero-order chi connectivity index (χ0) is 18.4. The predicted molar refractivity (Wildman–Crippen MR) is 97.6 cm³/mol. The number of allylic oxidation sites excluding steroid dienone is 2. The highest BCUT2D eigenvalue weighted by Gasteiger charge is 2.40. The van der Waals surface area contributed by atoms with Crippen molar-refractivity contribution in [3.8, 4) is 0 Å². The van der Waals surface area contributed by atoms with Gasteiger partial charge in [0.2, 0.25) is 0 Å². The van der Waals surface area contributed by atoms with E-state index in [1.165, 1.54) is 12.1 Å². The summed E-state index contributed by atoms with van der Waals surface area (Å²) in [5, 5.41) is 24.0. The standard InChI is InChI=1S/C20H18N2O4/c1-11-5-10-16(20(23)24)17-14-3-2-4-15(14)19(21-18(11)17)12-6-8-13(9-7-12)22(25)26/h2-3,5-10,14-15,19,21H,4H2,1H3,(H,23,24)/t14-,15-,19-/m1/s1. The molecule has 2 aromatic rings. The molecule has 6 nitrogen and oxygen atoms in total. The van der Waals surface area contributed by atoms with Gasteiger partial charge in [-0.2, -0.15) is 0 Å². The van der Waals surface area contributed by atoms with Gasteiger partial charge in [-0.05, 0) is 42.0 Å². The molecule has 1 heterocycles. The fraction of sp³-hybridized carbons (Fsp3) is 0.250. The number of benzene rings is 2. The highest BCUT2D eigenvalue weighted by molar-refractivity contribution is 5.93. The lowest BCUT2D eigenvalue weighted by atomic mass is 9.75. The summed E-state index contributed by atoms with van der Waals surface area (Å²) >= 11 is 0. The number of nitro benzene ring substituents is 1. The number of fused-ring (bicyclic) bond motifs is 3. The van der Waals surface area contributed by atoms with Crippen molar-refractivity contribution in [3.63, 3.8) is 0 Å². The summed E-state index contributed by atoms with van der Waals surface area (Å²) in [5.74, 6) is -0.711. The largest absolute Gasteiger partial charge is 0.478 e. The lowest BCUT2D eigenvalue weighted by molar-refractivity contribution is -0.384. The number of aryl methyl sites for hydroxylation is 1. The Kier molecular flexibility index (Phi) is 3.76. The molecule has 1 aliphatic heterocycles. The molecule has 2 N–H and O–H groups in total. The first kappa shape index (κ1) is 16.3. The van der Waals surface area contributed by atoms with E-state index in [4.69, 9.17) is 0 Å². The number of aromatic carboxylic acids is 1. The first-order valence-corrected chi connectivity index (χ1v) is 8.51. The second-order valence-electron chi connectivity index (χ2n) is 6.85. The van der Waals surface area contributed by atoms with Crippen LogP contribution in [0.25, 0.3) is 0 Å². The lowest BCUT2D eigenvalue weighted by Gasteiger charge is -2.39. The number of nitrogens with one attached hydrogen (secondary N) is 1. The van der Waals surface area contributed by atoms with Crippen molar-refractivity contribution in [1.82, 2.24) is 0 Å². The molecule has 0 saturated carbocycles. The van der Waals surface area contributed by atoms with E-state index in [0.717, 1.165) is 28.8 Å². The molecular weight excluding hydrogens is 332 g/mol. The van der Waals surface area contributed by atoms with Gasteiger partial charge < -0.3 is 10.4 Å². The molecule has 0 aromatic heterocycles. The van der Waals surface area contributed by atoms with E-state index in [1.807, 2.05) is 13.0 Å². The SMILES string of the molecule is Cc1ccc(C(=O)O)c2c1N[C@H](c1ccc([N+](=O)[O-])cc1)[C@@H]1CC=C[C@@H]21. The zero-order valence-corrected chi connectivity index (χ0v) is 14.2. The van der Waals surface area contributed by atoms with Crippen LogP contribution in [-0.2, 0) is 0 Å². The Bertz CT molecular complexity index is 934. The van der Waals surface area contributed by atoms with Crippen LogP contribution in [0.1, 0.15) is 45.4 Å². The summed E-state index contributed by atoms with van der Waals surface area (Å²) in [4.78, 5) is 22.2. The van der Waals surface area contributed by atoms with E-state index in [1.54, 1.807) is 18.2 Å². The first-order valence-electron chi connectivity index (χ1n) is 8.51. The second-order valence-corrected chi connectivity index (χ2v) is 6.85. The minimum absolute atomic E-state index is 0.0222. The van der Waals surface area contributed by atoms with Gasteiger partial charge in [-0.15, -0.1) is 0 Å². The number of carboxylic acids is 1. The monoisotopic (exact) mass is 350 g/mol. The molecule has 0 spiro atoms. The molecule has 0 bridgehead atoms. The topological polar surface area (TPSA) is 92.5 Å². The molecule has 1 aliphatic carbocycles. The summed E-state index contributed by atoms with van der Waals surface area (Å²) in [7, 11) is 0. The fourth-order valence-corrected chi connectivity index (χ4v) is 4.17. The Morgan fingerprint density at radius 3 is 2.62 bits per heavy atom. The molecule has 6 heteroatoms. The average Bonchev–Trinajstić information content (AvgIpc) is 3.11. The van der Waals surface area contributed by atoms with Crippen LogP contribution in [0.2, 0.25) is 0 Å². The molecule has 0 unspecified atom stereocenters. The number of carboxylic acid groups (broad SMARTS) is 1. The van der Waals surface area contributed by atoms with Crippen LogP contribution in [-0.4, -0.2) is 16.0 Å². The highest BCUT2D eigenvalue weighted by atomic mass is 16.6. The van der Waals surface area contributed by atoms with E-state index in [9.17, 15) is 20.0 Å². The number of hydrogen-bond acceptors (Lipinski definition) is 4. The van der Waals surface area contributed by atoms with Crippen LogP contribution in [0, 0.1) is 23.0 Å². The average molecular weight is 350 g/mol. The molecule has 0 amide bonds. The van der Waals surface area contributed by atoms with E-state index >= 15 is 0 Å². The van der Waals surface area contributed by atoms with Crippen LogP contribution in [0.5, 0.6) is 0 Å². The number of anilines is 1. The van der Waals surface area contributed by atoms with Crippen molar-refractivity contribution in [1.29, 1.82) is 0 Å². The number of non-ortho nitro benzene ring substituents is 1. The quantitative estimate of drug-likeness (QED) is 0.485. The molecule has 3 atom stereocenters. The van der Waals surface area contributed by atoms with Gasteiger partial charge in [0, 0.05) is 23.7 Å². The molecule has 0 radical (unpaired) electrons. The van der Waals surface area contributed by atoms with E-state index in [2.05, 4.69) is 17.5 Å². The Morgan fingerprint density at radius 2 is 1.96 bits per heavy atom. The molecule has 0 fully saturated rings. The van der Waals surface area contributed by atoms with Crippen LogP contribution in [0.15, 0.2) is 48.6 Å². The third-order valence-electron chi connectivity index (χ3n) is 5.42. The second kappa shape index (κ2) is 5.98. The van der Waals surface area contributed by atoms with Gasteiger partial charge in [0.05, 0.1) is 16.5 Å². The summed E-state index contributed by atoms with van der Waals surface area (Å²) in [5.41, 5.74) is 4.07. The number of carbonyl (C=O) groups is 1. The Morgan fingerprint density at radius 1 is 1.23 bits per heavy atom. The van der Waals surface area contributed by atoms with Crippen molar-refractivity contribution in [2.24, 2.45) is 5.92 Å². The summed E-state index contributed by atoms with van der Waals surface area (Å²) in [6, 6.07) is 10.1. The van der Waals surface area contributed by atoms with E-state index in [-0.39, 0.29) is 23.6 Å². The number of nitro groups is 1. The maximum absolute atomic E-state index is 11.7. The highest BCUT2D eigenvalue weighted by Crippen LogP contribution is 2.51. The van der Waals surface area contributed by atoms with Crippen LogP contribution in [0.3, 0.4) is 0 Å². The van der Waals surface area contributed by atoms with Crippen LogP contribution < -0.4 is 5.32 Å². The van der Waals surface area contributed by atoms with Gasteiger partial charge in [-0.25, -0.2) is 4.79 Å². The lowest BCUT2D eigenvalue weighted by Crippen LogP contribution is -2.31. The van der Waals surface area contributed by atoms with Gasteiger partial charge in [0.25, 0.3) is 5.69 Å². The minimum Gasteiger partial charge on any atom is -0.478 e. The predicted octanol–water partition coefficient (Wildman–Crippen LogP) is 4.43. The Hall–Kier alpha value is -3.15. The summed E-state index contributed by atoms with van der Waals surface area (Å²) < 4.78 is 0. The maximum Gasteiger partial charge on any atom is 0.336 e. The van der Waals surface area contributed by atoms with Crippen molar-refractivity contribution in [3.05, 3.63) is 80.9 Å². The van der Waals surface area contributed by atoms with Gasteiger partial charge in [-0.3, -0.25) is 10.1 Å². The van der Waals surface area contributed by atoms with Gasteiger partial charge in [0.15, 0.2) is 0 Å². The Labute approximate surface area is 150 Å². The molecule has 4 rings (SSSR count).